The molecule has 0 amide bonds. The Balaban J connectivity index is 1.65. The van der Waals surface area contributed by atoms with E-state index in [4.69, 9.17) is 9.47 Å². The molecule has 7 heteroatoms. The molecule has 1 aliphatic carbocycles. The number of hydrogen-bond acceptors (Lipinski definition) is 5. The molecule has 0 heterocycles. The van der Waals surface area contributed by atoms with Crippen LogP contribution < -0.4 is 14.8 Å². The Labute approximate surface area is 192 Å². The van der Waals surface area contributed by atoms with E-state index in [1.54, 1.807) is 12.1 Å². The first-order valence-electron chi connectivity index (χ1n) is 11.1. The lowest BCUT2D eigenvalue weighted by Crippen LogP contribution is -2.29. The van der Waals surface area contributed by atoms with Crippen LogP contribution in [0.4, 0.5) is 5.69 Å². The molecule has 2 aromatic carbocycles. The minimum absolute atomic E-state index is 0.0719. The third-order valence-electron chi connectivity index (χ3n) is 5.64. The molecule has 0 radical (unpaired) electrons. The number of nitro groups is 1. The summed E-state index contributed by atoms with van der Waals surface area (Å²) < 4.78 is 12.8. The van der Waals surface area contributed by atoms with E-state index in [0.717, 1.165) is 22.1 Å². The Morgan fingerprint density at radius 3 is 2.32 bits per heavy atom. The predicted molar refractivity (Wildman–Crippen MR) is 126 cm³/mol. The number of ether oxygens (including phenoxy) is 2. The van der Waals surface area contributed by atoms with E-state index in [1.807, 2.05) is 19.1 Å². The maximum atomic E-state index is 10.8. The zero-order valence-corrected chi connectivity index (χ0v) is 19.7. The van der Waals surface area contributed by atoms with Crippen molar-refractivity contribution in [3.63, 3.8) is 0 Å². The van der Waals surface area contributed by atoms with Crippen molar-refractivity contribution in [2.45, 2.75) is 71.1 Å². The monoisotopic (exact) mass is 490 g/mol. The molecule has 31 heavy (non-hydrogen) atoms. The summed E-state index contributed by atoms with van der Waals surface area (Å²) in [6, 6.07) is 11.0. The summed E-state index contributed by atoms with van der Waals surface area (Å²) in [6.07, 6.45) is 9.15. The van der Waals surface area contributed by atoms with Crippen LogP contribution in [0.5, 0.6) is 11.5 Å². The molecule has 1 fully saturated rings. The fraction of sp³-hybridized carbons (Fsp3) is 0.500. The molecule has 168 valence electrons. The largest absolute Gasteiger partial charge is 0.490 e. The first kappa shape index (κ1) is 23.5. The van der Waals surface area contributed by atoms with Crippen molar-refractivity contribution < 1.29 is 14.4 Å². The number of nitrogens with one attached hydrogen (secondary N) is 1. The number of non-ortho nitro benzene ring substituents is 1. The van der Waals surface area contributed by atoms with Gasteiger partial charge < -0.3 is 14.8 Å². The van der Waals surface area contributed by atoms with Crippen LogP contribution in [0.2, 0.25) is 0 Å². The minimum atomic E-state index is -0.404. The van der Waals surface area contributed by atoms with E-state index < -0.39 is 4.92 Å². The van der Waals surface area contributed by atoms with Gasteiger partial charge in [-0.3, -0.25) is 10.1 Å². The van der Waals surface area contributed by atoms with Gasteiger partial charge in [-0.15, -0.1) is 0 Å². The fourth-order valence-electron chi connectivity index (χ4n) is 3.88. The molecule has 6 nitrogen and oxygen atoms in total. The fourth-order valence-corrected chi connectivity index (χ4v) is 4.35. The van der Waals surface area contributed by atoms with Gasteiger partial charge in [0.25, 0.3) is 5.69 Å². The molecule has 2 aromatic rings. The first-order chi connectivity index (χ1) is 15.1. The van der Waals surface area contributed by atoms with Crippen LogP contribution >= 0.6 is 15.9 Å². The summed E-state index contributed by atoms with van der Waals surface area (Å²) in [7, 11) is 0. The van der Waals surface area contributed by atoms with Crippen LogP contribution in [-0.4, -0.2) is 17.6 Å². The molecule has 0 unspecified atom stereocenters. The highest BCUT2D eigenvalue weighted by molar-refractivity contribution is 9.10. The lowest BCUT2D eigenvalue weighted by molar-refractivity contribution is -0.384. The molecule has 1 aliphatic rings. The SMILES string of the molecule is CCOc1cc(CNC2CCCCCCC2)c(Br)cc1OCc1ccc([N+](=O)[O-])cc1. The number of rotatable bonds is 9. The minimum Gasteiger partial charge on any atom is -0.490 e. The maximum absolute atomic E-state index is 10.8. The van der Waals surface area contributed by atoms with Gasteiger partial charge in [-0.2, -0.15) is 0 Å². The average molecular weight is 491 g/mol. The molecule has 0 atom stereocenters. The molecular formula is C24H31BrN2O4. The van der Waals surface area contributed by atoms with Crippen LogP contribution in [-0.2, 0) is 13.2 Å². The van der Waals surface area contributed by atoms with Crippen LogP contribution in [0, 0.1) is 10.1 Å². The molecule has 0 bridgehead atoms. The topological polar surface area (TPSA) is 73.6 Å². The third kappa shape index (κ3) is 7.21. The first-order valence-corrected chi connectivity index (χ1v) is 11.9. The van der Waals surface area contributed by atoms with Gasteiger partial charge in [0.05, 0.1) is 11.5 Å². The number of nitro benzene ring substituents is 1. The molecule has 1 saturated carbocycles. The van der Waals surface area contributed by atoms with Crippen LogP contribution in [0.15, 0.2) is 40.9 Å². The second-order valence-electron chi connectivity index (χ2n) is 7.96. The van der Waals surface area contributed by atoms with Crippen LogP contribution in [0.3, 0.4) is 0 Å². The van der Waals surface area contributed by atoms with Crippen molar-refractivity contribution >= 4 is 21.6 Å². The maximum Gasteiger partial charge on any atom is 0.269 e. The second-order valence-corrected chi connectivity index (χ2v) is 8.81. The van der Waals surface area contributed by atoms with E-state index in [2.05, 4.69) is 21.2 Å². The molecular weight excluding hydrogens is 460 g/mol. The van der Waals surface area contributed by atoms with Gasteiger partial charge in [-0.05, 0) is 55.2 Å². The van der Waals surface area contributed by atoms with E-state index in [1.165, 1.54) is 57.1 Å². The lowest BCUT2D eigenvalue weighted by atomic mass is 9.96. The quantitative estimate of drug-likeness (QED) is 0.319. The Hall–Kier alpha value is -2.12. The van der Waals surface area contributed by atoms with Gasteiger partial charge in [-0.25, -0.2) is 0 Å². The standard InChI is InChI=1S/C24H31BrN2O4/c1-2-30-23-14-19(16-26-20-8-6-4-3-5-7-9-20)22(25)15-24(23)31-17-18-10-12-21(13-11-18)27(28)29/h10-15,20,26H,2-9,16-17H2,1H3. The molecule has 0 saturated heterocycles. The van der Waals surface area contributed by atoms with Gasteiger partial charge in [0.1, 0.15) is 6.61 Å². The van der Waals surface area contributed by atoms with Crippen LogP contribution in [0.1, 0.15) is 63.0 Å². The Kier molecular flexibility index (Phi) is 9.15. The lowest BCUT2D eigenvalue weighted by Gasteiger charge is -2.22. The van der Waals surface area contributed by atoms with Crippen molar-refractivity contribution in [1.82, 2.24) is 5.32 Å². The van der Waals surface area contributed by atoms with E-state index >= 15 is 0 Å². The normalized spacial score (nSPS) is 15.2. The molecule has 0 aliphatic heterocycles. The third-order valence-corrected chi connectivity index (χ3v) is 6.38. The summed E-state index contributed by atoms with van der Waals surface area (Å²) in [5, 5.41) is 14.5. The van der Waals surface area contributed by atoms with Gasteiger partial charge >= 0.3 is 0 Å². The summed E-state index contributed by atoms with van der Waals surface area (Å²) in [4.78, 5) is 10.4. The average Bonchev–Trinajstić information content (AvgIpc) is 2.74. The van der Waals surface area contributed by atoms with E-state index in [0.29, 0.717) is 30.8 Å². The highest BCUT2D eigenvalue weighted by atomic mass is 79.9. The van der Waals surface area contributed by atoms with Crippen molar-refractivity contribution in [1.29, 1.82) is 0 Å². The van der Waals surface area contributed by atoms with Gasteiger partial charge in [0.15, 0.2) is 11.5 Å². The summed E-state index contributed by atoms with van der Waals surface area (Å²) in [5.74, 6) is 1.36. The molecule has 1 N–H and O–H groups in total. The predicted octanol–water partition coefficient (Wildman–Crippen LogP) is 6.54. The zero-order valence-electron chi connectivity index (χ0n) is 18.1. The Bertz CT molecular complexity index is 849. The van der Waals surface area contributed by atoms with E-state index in [-0.39, 0.29) is 5.69 Å². The van der Waals surface area contributed by atoms with Gasteiger partial charge in [0, 0.05) is 29.2 Å². The smallest absolute Gasteiger partial charge is 0.269 e. The van der Waals surface area contributed by atoms with Gasteiger partial charge in [0.2, 0.25) is 0 Å². The Morgan fingerprint density at radius 1 is 1.03 bits per heavy atom. The number of hydrogen-bond donors (Lipinski definition) is 1. The van der Waals surface area contributed by atoms with Crippen molar-refractivity contribution in [3.05, 3.63) is 62.1 Å². The van der Waals surface area contributed by atoms with Crippen molar-refractivity contribution in [2.24, 2.45) is 0 Å². The van der Waals surface area contributed by atoms with Gasteiger partial charge in [-0.1, -0.05) is 48.0 Å². The Morgan fingerprint density at radius 2 is 1.68 bits per heavy atom. The molecule has 0 aromatic heterocycles. The summed E-state index contributed by atoms with van der Waals surface area (Å²) in [6.45, 7) is 3.59. The second kappa shape index (κ2) is 12.1. The highest BCUT2D eigenvalue weighted by Crippen LogP contribution is 2.35. The summed E-state index contributed by atoms with van der Waals surface area (Å²) >= 11 is 3.69. The summed E-state index contributed by atoms with van der Waals surface area (Å²) in [5.41, 5.74) is 2.08. The molecule has 0 spiro atoms. The highest BCUT2D eigenvalue weighted by Gasteiger charge is 2.15. The van der Waals surface area contributed by atoms with E-state index in [9.17, 15) is 10.1 Å². The number of benzene rings is 2. The zero-order chi connectivity index (χ0) is 22.1. The van der Waals surface area contributed by atoms with Crippen molar-refractivity contribution in [3.8, 4) is 11.5 Å². The number of halogens is 1. The van der Waals surface area contributed by atoms with Crippen LogP contribution in [0.25, 0.3) is 0 Å². The van der Waals surface area contributed by atoms with Crippen molar-refractivity contribution in [2.75, 3.05) is 6.61 Å². The molecule has 3 rings (SSSR count). The number of nitrogens with zero attached hydrogens (tertiary/aromatic N) is 1.